The van der Waals surface area contributed by atoms with Gasteiger partial charge in [0.1, 0.15) is 0 Å². The van der Waals surface area contributed by atoms with Crippen LogP contribution in [-0.4, -0.2) is 13.3 Å². The molecule has 4 heteroatoms. The van der Waals surface area contributed by atoms with E-state index in [1.807, 2.05) is 0 Å². The second kappa shape index (κ2) is 7.72. The molecule has 2 atom stereocenters. The lowest BCUT2D eigenvalue weighted by Gasteiger charge is -2.06. The Kier molecular flexibility index (Phi) is 8.49. The van der Waals surface area contributed by atoms with Gasteiger partial charge in [0.15, 0.2) is 0 Å². The zero-order valence-electron chi connectivity index (χ0n) is 6.73. The lowest BCUT2D eigenvalue weighted by atomic mass is 10.1. The Morgan fingerprint density at radius 2 is 2.27 bits per heavy atom. The summed E-state index contributed by atoms with van der Waals surface area (Å²) in [5, 5.41) is 0. The van der Waals surface area contributed by atoms with Crippen molar-refractivity contribution < 1.29 is 4.52 Å². The van der Waals surface area contributed by atoms with Gasteiger partial charge < -0.3 is 4.52 Å². The summed E-state index contributed by atoms with van der Waals surface area (Å²) in [7, 11) is 2.39. The molecule has 0 spiro atoms. The zero-order valence-corrected chi connectivity index (χ0v) is 10.9. The minimum absolute atomic E-state index is 0.639. The van der Waals surface area contributed by atoms with Gasteiger partial charge in [-0.05, 0) is 50.4 Å². The van der Waals surface area contributed by atoms with Gasteiger partial charge in [0.2, 0.25) is 0 Å². The zero-order chi connectivity index (χ0) is 8.69. The van der Waals surface area contributed by atoms with E-state index in [1.54, 1.807) is 7.11 Å². The van der Waals surface area contributed by atoms with E-state index in [1.165, 1.54) is 0 Å². The summed E-state index contributed by atoms with van der Waals surface area (Å²) < 4.78 is 6.04. The Labute approximate surface area is 87.1 Å². The Bertz CT molecular complexity index is 124. The van der Waals surface area contributed by atoms with Gasteiger partial charge in [-0.1, -0.05) is 13.0 Å². The van der Waals surface area contributed by atoms with Crippen LogP contribution in [0.5, 0.6) is 0 Å². The van der Waals surface area contributed by atoms with E-state index in [0.29, 0.717) is 14.7 Å². The number of rotatable bonds is 5. The van der Waals surface area contributed by atoms with E-state index in [0.717, 1.165) is 16.0 Å². The average molecular weight is 304 g/mol. The van der Waals surface area contributed by atoms with Crippen molar-refractivity contribution in [2.45, 2.75) is 13.3 Å². The fourth-order valence-corrected chi connectivity index (χ4v) is 1.59. The Morgan fingerprint density at radius 1 is 1.64 bits per heavy atom. The van der Waals surface area contributed by atoms with Crippen molar-refractivity contribution in [2.75, 3.05) is 13.3 Å². The SMILES string of the molecule is COPC[C@H](C)CC=C(Br)Br. The second-order valence-electron chi connectivity index (χ2n) is 2.39. The topological polar surface area (TPSA) is 9.23 Å². The maximum atomic E-state index is 5.00. The molecule has 0 aromatic rings. The largest absolute Gasteiger partial charge is 0.366 e. The molecule has 0 rings (SSSR count). The molecule has 0 fully saturated rings. The van der Waals surface area contributed by atoms with Crippen molar-refractivity contribution in [3.8, 4) is 0 Å². The Hall–Kier alpha value is 1.09. The quantitative estimate of drug-likeness (QED) is 0.700. The summed E-state index contributed by atoms with van der Waals surface area (Å²) in [5.74, 6) is 0.707. The number of allylic oxidation sites excluding steroid dienone is 1. The van der Waals surface area contributed by atoms with Crippen LogP contribution in [0.25, 0.3) is 0 Å². The lowest BCUT2D eigenvalue weighted by Crippen LogP contribution is -1.94. The molecule has 0 bridgehead atoms. The predicted octanol–water partition coefficient (Wildman–Crippen LogP) is 3.88. The molecule has 0 saturated heterocycles. The Morgan fingerprint density at radius 3 is 2.73 bits per heavy atom. The van der Waals surface area contributed by atoms with Gasteiger partial charge in [-0.25, -0.2) is 0 Å². The van der Waals surface area contributed by atoms with Crippen LogP contribution in [0.1, 0.15) is 13.3 Å². The lowest BCUT2D eigenvalue weighted by molar-refractivity contribution is 0.468. The molecule has 0 aliphatic carbocycles. The molecule has 1 unspecified atom stereocenters. The van der Waals surface area contributed by atoms with Crippen molar-refractivity contribution in [1.29, 1.82) is 0 Å². The summed E-state index contributed by atoms with van der Waals surface area (Å²) in [6.07, 6.45) is 4.38. The first-order valence-corrected chi connectivity index (χ1v) is 6.14. The summed E-state index contributed by atoms with van der Waals surface area (Å²) >= 11 is 6.64. The van der Waals surface area contributed by atoms with Crippen molar-refractivity contribution in [3.05, 3.63) is 9.47 Å². The highest BCUT2D eigenvalue weighted by Crippen LogP contribution is 2.21. The number of hydrogen-bond acceptors (Lipinski definition) is 1. The molecule has 0 aromatic carbocycles. The monoisotopic (exact) mass is 302 g/mol. The van der Waals surface area contributed by atoms with Crippen LogP contribution in [0, 0.1) is 5.92 Å². The second-order valence-corrected chi connectivity index (χ2v) is 6.27. The van der Waals surface area contributed by atoms with Crippen molar-refractivity contribution in [2.24, 2.45) is 5.92 Å². The maximum absolute atomic E-state index is 5.00. The summed E-state index contributed by atoms with van der Waals surface area (Å²) in [6.45, 7) is 2.23. The third-order valence-electron chi connectivity index (χ3n) is 1.25. The average Bonchev–Trinajstić information content (AvgIpc) is 1.97. The van der Waals surface area contributed by atoms with Crippen LogP contribution < -0.4 is 0 Å². The van der Waals surface area contributed by atoms with Crippen LogP contribution in [0.15, 0.2) is 9.47 Å². The van der Waals surface area contributed by atoms with Gasteiger partial charge in [0.05, 0.1) is 3.39 Å². The minimum atomic E-state index is 0.639. The van der Waals surface area contributed by atoms with Crippen LogP contribution in [0.4, 0.5) is 0 Å². The molecule has 0 N–H and O–H groups in total. The molecule has 0 radical (unpaired) electrons. The third-order valence-corrected chi connectivity index (χ3v) is 3.05. The van der Waals surface area contributed by atoms with Crippen LogP contribution in [0.2, 0.25) is 0 Å². The van der Waals surface area contributed by atoms with Gasteiger partial charge in [0.25, 0.3) is 0 Å². The molecule has 66 valence electrons. The van der Waals surface area contributed by atoms with Crippen LogP contribution in [-0.2, 0) is 4.52 Å². The molecule has 0 aromatic heterocycles. The molecule has 1 nitrogen and oxygen atoms in total. The van der Waals surface area contributed by atoms with Crippen molar-refractivity contribution >= 4 is 40.7 Å². The first-order valence-electron chi connectivity index (χ1n) is 3.43. The normalized spacial score (nSPS) is 13.8. The summed E-state index contributed by atoms with van der Waals surface area (Å²) in [6, 6.07) is 0. The van der Waals surface area contributed by atoms with Crippen LogP contribution in [0.3, 0.4) is 0 Å². The fraction of sp³-hybridized carbons (Fsp3) is 0.714. The Balaban J connectivity index is 3.36. The first-order chi connectivity index (χ1) is 5.16. The van der Waals surface area contributed by atoms with Gasteiger partial charge >= 0.3 is 0 Å². The smallest absolute Gasteiger partial charge is 0.0564 e. The molecule has 0 saturated carbocycles. The molecule has 0 aliphatic rings. The number of halogens is 2. The number of hydrogen-bond donors (Lipinski definition) is 0. The molecular formula is C7H13Br2OP. The van der Waals surface area contributed by atoms with E-state index in [-0.39, 0.29) is 0 Å². The van der Waals surface area contributed by atoms with E-state index in [2.05, 4.69) is 44.9 Å². The van der Waals surface area contributed by atoms with Gasteiger partial charge in [-0.15, -0.1) is 0 Å². The standard InChI is InChI=1S/C7H13Br2OP/c1-6(5-11-10-2)3-4-7(8)9/h4,6,11H,3,5H2,1-2H3/t6-/m1/s1. The van der Waals surface area contributed by atoms with Gasteiger partial charge in [0, 0.05) is 15.9 Å². The van der Waals surface area contributed by atoms with Crippen LogP contribution >= 0.6 is 40.7 Å². The molecule has 0 aliphatic heterocycles. The minimum Gasteiger partial charge on any atom is -0.366 e. The summed E-state index contributed by atoms with van der Waals surface area (Å²) in [5.41, 5.74) is 0. The van der Waals surface area contributed by atoms with Crippen molar-refractivity contribution in [1.82, 2.24) is 0 Å². The highest BCUT2D eigenvalue weighted by Gasteiger charge is 1.98. The van der Waals surface area contributed by atoms with E-state index in [4.69, 9.17) is 4.52 Å². The predicted molar refractivity (Wildman–Crippen MR) is 59.9 cm³/mol. The molecule has 11 heavy (non-hydrogen) atoms. The fourth-order valence-electron chi connectivity index (χ4n) is 0.599. The van der Waals surface area contributed by atoms with E-state index < -0.39 is 0 Å². The van der Waals surface area contributed by atoms with E-state index >= 15 is 0 Å². The van der Waals surface area contributed by atoms with Crippen molar-refractivity contribution in [3.63, 3.8) is 0 Å². The maximum Gasteiger partial charge on any atom is 0.0564 e. The third kappa shape index (κ3) is 9.00. The van der Waals surface area contributed by atoms with Gasteiger partial charge in [-0.3, -0.25) is 0 Å². The highest BCUT2D eigenvalue weighted by molar-refractivity contribution is 9.28. The first kappa shape index (κ1) is 12.1. The highest BCUT2D eigenvalue weighted by atomic mass is 79.9. The molecule has 0 heterocycles. The summed E-state index contributed by atoms with van der Waals surface area (Å²) in [4.78, 5) is 0. The molecular weight excluding hydrogens is 291 g/mol. The van der Waals surface area contributed by atoms with E-state index in [9.17, 15) is 0 Å². The van der Waals surface area contributed by atoms with Gasteiger partial charge in [-0.2, -0.15) is 0 Å². The molecule has 0 amide bonds.